The molecule has 0 aromatic carbocycles. The van der Waals surface area contributed by atoms with E-state index < -0.39 is 11.4 Å². The molecule has 1 heterocycles. The van der Waals surface area contributed by atoms with Crippen LogP contribution in [0.2, 0.25) is 0 Å². The lowest BCUT2D eigenvalue weighted by Gasteiger charge is -2.41. The molecule has 20 heavy (non-hydrogen) atoms. The second kappa shape index (κ2) is 6.46. The van der Waals surface area contributed by atoms with E-state index in [4.69, 9.17) is 0 Å². The molecule has 0 aromatic rings. The summed E-state index contributed by atoms with van der Waals surface area (Å²) in [6.07, 6.45) is 2.66. The van der Waals surface area contributed by atoms with Crippen LogP contribution in [0.3, 0.4) is 0 Å². The maximum atomic E-state index is 12.4. The van der Waals surface area contributed by atoms with Gasteiger partial charge >= 0.3 is 12.0 Å². The number of urea groups is 1. The molecule has 0 spiro atoms. The van der Waals surface area contributed by atoms with Crippen molar-refractivity contribution in [2.45, 2.75) is 53.0 Å². The second-order valence-corrected chi connectivity index (χ2v) is 6.46. The number of rotatable bonds is 4. The molecule has 116 valence electrons. The van der Waals surface area contributed by atoms with Crippen molar-refractivity contribution in [1.82, 2.24) is 9.80 Å². The summed E-state index contributed by atoms with van der Waals surface area (Å²) in [5, 5.41) is 9.34. The van der Waals surface area contributed by atoms with Crippen LogP contribution in [0.25, 0.3) is 0 Å². The van der Waals surface area contributed by atoms with Gasteiger partial charge in [0.25, 0.3) is 0 Å². The first-order valence-corrected chi connectivity index (χ1v) is 7.46. The number of aliphatic carboxylic acids is 1. The summed E-state index contributed by atoms with van der Waals surface area (Å²) in [4.78, 5) is 27.4. The Hall–Kier alpha value is -1.26. The SMILES string of the molecule is CCC(C)N(C)C(=O)N1CCCC(C(C)(C)C(=O)O)C1. The fourth-order valence-corrected chi connectivity index (χ4v) is 2.60. The number of nitrogens with zero attached hydrogens (tertiary/aromatic N) is 2. The van der Waals surface area contributed by atoms with Crippen molar-refractivity contribution in [2.75, 3.05) is 20.1 Å². The summed E-state index contributed by atoms with van der Waals surface area (Å²) in [6.45, 7) is 8.87. The lowest BCUT2D eigenvalue weighted by atomic mass is 9.74. The van der Waals surface area contributed by atoms with Gasteiger partial charge in [-0.25, -0.2) is 4.79 Å². The maximum absolute atomic E-state index is 12.4. The van der Waals surface area contributed by atoms with Gasteiger partial charge in [-0.1, -0.05) is 6.92 Å². The fourth-order valence-electron chi connectivity index (χ4n) is 2.60. The zero-order valence-electron chi connectivity index (χ0n) is 13.3. The Labute approximate surface area is 121 Å². The second-order valence-electron chi connectivity index (χ2n) is 6.46. The van der Waals surface area contributed by atoms with E-state index in [0.717, 1.165) is 25.8 Å². The lowest BCUT2D eigenvalue weighted by Crippen LogP contribution is -2.51. The molecule has 2 atom stereocenters. The molecular formula is C15H28N2O3. The molecule has 1 N–H and O–H groups in total. The Morgan fingerprint density at radius 2 is 2.05 bits per heavy atom. The van der Waals surface area contributed by atoms with E-state index in [1.165, 1.54) is 0 Å². The average Bonchev–Trinajstić information content (AvgIpc) is 2.44. The van der Waals surface area contributed by atoms with Crippen LogP contribution in [-0.2, 0) is 4.79 Å². The molecule has 2 amide bonds. The van der Waals surface area contributed by atoms with Crippen LogP contribution in [0, 0.1) is 11.3 Å². The smallest absolute Gasteiger partial charge is 0.319 e. The van der Waals surface area contributed by atoms with E-state index in [1.807, 2.05) is 18.9 Å². The van der Waals surface area contributed by atoms with Gasteiger partial charge in [-0.15, -0.1) is 0 Å². The van der Waals surface area contributed by atoms with Crippen molar-refractivity contribution in [1.29, 1.82) is 0 Å². The van der Waals surface area contributed by atoms with Crippen LogP contribution in [0.1, 0.15) is 47.0 Å². The highest BCUT2D eigenvalue weighted by Crippen LogP contribution is 2.34. The molecule has 0 aromatic heterocycles. The molecule has 5 heteroatoms. The highest BCUT2D eigenvalue weighted by atomic mass is 16.4. The topological polar surface area (TPSA) is 60.9 Å². The molecule has 1 rings (SSSR count). The number of piperidine rings is 1. The van der Waals surface area contributed by atoms with E-state index in [0.29, 0.717) is 6.54 Å². The predicted octanol–water partition coefficient (Wildman–Crippen LogP) is 2.66. The molecule has 2 unspecified atom stereocenters. The molecule has 0 saturated carbocycles. The summed E-state index contributed by atoms with van der Waals surface area (Å²) in [7, 11) is 1.82. The summed E-state index contributed by atoms with van der Waals surface area (Å²) < 4.78 is 0. The minimum absolute atomic E-state index is 0.0167. The number of likely N-dealkylation sites (tertiary alicyclic amines) is 1. The Morgan fingerprint density at radius 1 is 1.45 bits per heavy atom. The van der Waals surface area contributed by atoms with Crippen molar-refractivity contribution < 1.29 is 14.7 Å². The molecular weight excluding hydrogens is 256 g/mol. The fraction of sp³-hybridized carbons (Fsp3) is 0.867. The molecule has 5 nitrogen and oxygen atoms in total. The van der Waals surface area contributed by atoms with E-state index in [2.05, 4.69) is 6.92 Å². The monoisotopic (exact) mass is 284 g/mol. The molecule has 0 bridgehead atoms. The lowest BCUT2D eigenvalue weighted by molar-refractivity contribution is -0.151. The number of carbonyl (C=O) groups is 2. The van der Waals surface area contributed by atoms with Crippen molar-refractivity contribution in [3.8, 4) is 0 Å². The maximum Gasteiger partial charge on any atom is 0.319 e. The van der Waals surface area contributed by atoms with Gasteiger partial charge in [0.1, 0.15) is 0 Å². The normalized spacial score (nSPS) is 21.4. The first-order chi connectivity index (χ1) is 9.21. The average molecular weight is 284 g/mol. The molecule has 1 fully saturated rings. The quantitative estimate of drug-likeness (QED) is 0.863. The van der Waals surface area contributed by atoms with Crippen LogP contribution >= 0.6 is 0 Å². The van der Waals surface area contributed by atoms with Gasteiger partial charge < -0.3 is 14.9 Å². The van der Waals surface area contributed by atoms with E-state index in [9.17, 15) is 14.7 Å². The van der Waals surface area contributed by atoms with Crippen LogP contribution in [-0.4, -0.2) is 53.1 Å². The summed E-state index contributed by atoms with van der Waals surface area (Å²) in [5.41, 5.74) is -0.784. The predicted molar refractivity (Wildman–Crippen MR) is 78.6 cm³/mol. The third kappa shape index (κ3) is 3.44. The van der Waals surface area contributed by atoms with Gasteiger partial charge in [-0.3, -0.25) is 4.79 Å². The van der Waals surface area contributed by atoms with Crippen LogP contribution in [0.15, 0.2) is 0 Å². The zero-order valence-corrected chi connectivity index (χ0v) is 13.3. The standard InChI is InChI=1S/C15H28N2O3/c1-6-11(2)16(5)14(20)17-9-7-8-12(10-17)15(3,4)13(18)19/h11-12H,6-10H2,1-5H3,(H,18,19). The van der Waals surface area contributed by atoms with Crippen molar-refractivity contribution >= 4 is 12.0 Å². The van der Waals surface area contributed by atoms with Gasteiger partial charge in [-0.2, -0.15) is 0 Å². The van der Waals surface area contributed by atoms with Gasteiger partial charge in [0.2, 0.25) is 0 Å². The van der Waals surface area contributed by atoms with Crippen molar-refractivity contribution in [2.24, 2.45) is 11.3 Å². The van der Waals surface area contributed by atoms with Crippen molar-refractivity contribution in [3.05, 3.63) is 0 Å². The van der Waals surface area contributed by atoms with E-state index in [1.54, 1.807) is 18.7 Å². The molecule has 1 saturated heterocycles. The van der Waals surface area contributed by atoms with Gasteiger partial charge in [0, 0.05) is 26.2 Å². The van der Waals surface area contributed by atoms with Crippen LogP contribution < -0.4 is 0 Å². The first kappa shape index (κ1) is 16.8. The number of hydrogen-bond acceptors (Lipinski definition) is 2. The Kier molecular flexibility index (Phi) is 5.42. The number of carboxylic acid groups (broad SMARTS) is 1. The van der Waals surface area contributed by atoms with Gasteiger partial charge in [0.15, 0.2) is 0 Å². The van der Waals surface area contributed by atoms with Crippen molar-refractivity contribution in [3.63, 3.8) is 0 Å². The summed E-state index contributed by atoms with van der Waals surface area (Å²) >= 11 is 0. The molecule has 1 aliphatic rings. The van der Waals surface area contributed by atoms with Gasteiger partial charge in [0.05, 0.1) is 5.41 Å². The highest BCUT2D eigenvalue weighted by Gasteiger charge is 2.40. The van der Waals surface area contributed by atoms with Crippen LogP contribution in [0.5, 0.6) is 0 Å². The molecule has 0 aliphatic carbocycles. The summed E-state index contributed by atoms with van der Waals surface area (Å²) in [6, 6.07) is 0.223. The van der Waals surface area contributed by atoms with E-state index >= 15 is 0 Å². The number of carboxylic acids is 1. The zero-order chi connectivity index (χ0) is 15.5. The minimum Gasteiger partial charge on any atom is -0.481 e. The third-order valence-corrected chi connectivity index (χ3v) is 4.82. The Balaban J connectivity index is 2.75. The third-order valence-electron chi connectivity index (χ3n) is 4.82. The van der Waals surface area contributed by atoms with Gasteiger partial charge in [-0.05, 0) is 46.0 Å². The number of amides is 2. The highest BCUT2D eigenvalue weighted by molar-refractivity contribution is 5.76. The molecule has 0 radical (unpaired) electrons. The van der Waals surface area contributed by atoms with E-state index in [-0.39, 0.29) is 18.0 Å². The first-order valence-electron chi connectivity index (χ1n) is 7.46. The number of hydrogen-bond donors (Lipinski definition) is 1. The largest absolute Gasteiger partial charge is 0.481 e. The number of carbonyl (C=O) groups excluding carboxylic acids is 1. The summed E-state index contributed by atoms with van der Waals surface area (Å²) in [5.74, 6) is -0.768. The van der Waals surface area contributed by atoms with Crippen LogP contribution in [0.4, 0.5) is 4.79 Å². The molecule has 1 aliphatic heterocycles. The Bertz CT molecular complexity index is 368. The minimum atomic E-state index is -0.785. The Morgan fingerprint density at radius 3 is 2.55 bits per heavy atom.